The van der Waals surface area contributed by atoms with Crippen molar-refractivity contribution in [2.45, 2.75) is 36.9 Å². The minimum atomic E-state index is 0.0384. The molecule has 2 fully saturated rings. The summed E-state index contributed by atoms with van der Waals surface area (Å²) in [5.74, 6) is 0.947. The van der Waals surface area contributed by atoms with Crippen molar-refractivity contribution in [1.29, 1.82) is 0 Å². The molecule has 1 spiro atoms. The molecule has 2 saturated heterocycles. The highest BCUT2D eigenvalue weighted by molar-refractivity contribution is 5.38. The molecule has 108 valence electrons. The lowest BCUT2D eigenvalue weighted by molar-refractivity contribution is 0.00384. The van der Waals surface area contributed by atoms with Crippen LogP contribution in [0.15, 0.2) is 24.3 Å². The minimum Gasteiger partial charge on any atom is -0.492 e. The minimum absolute atomic E-state index is 0.0384. The van der Waals surface area contributed by atoms with Gasteiger partial charge in [0, 0.05) is 25.3 Å². The van der Waals surface area contributed by atoms with E-state index in [4.69, 9.17) is 15.2 Å². The van der Waals surface area contributed by atoms with Gasteiger partial charge in [0.2, 0.25) is 0 Å². The summed E-state index contributed by atoms with van der Waals surface area (Å²) in [6.45, 7) is 3.69. The first kappa shape index (κ1) is 12.6. The molecule has 4 heteroatoms. The zero-order valence-electron chi connectivity index (χ0n) is 11.8. The smallest absolute Gasteiger partial charge is 0.124 e. The van der Waals surface area contributed by atoms with Gasteiger partial charge < -0.3 is 15.2 Å². The van der Waals surface area contributed by atoms with Crippen molar-refractivity contribution >= 4 is 0 Å². The van der Waals surface area contributed by atoms with E-state index in [-0.39, 0.29) is 17.7 Å². The maximum Gasteiger partial charge on any atom is 0.124 e. The van der Waals surface area contributed by atoms with Gasteiger partial charge in [-0.05, 0) is 25.3 Å². The molecule has 3 aliphatic rings. The third-order valence-electron chi connectivity index (χ3n) is 5.10. The van der Waals surface area contributed by atoms with E-state index in [1.165, 1.54) is 12.8 Å². The highest BCUT2D eigenvalue weighted by Gasteiger charge is 2.45. The number of likely N-dealkylation sites (tertiary alicyclic amines) is 1. The summed E-state index contributed by atoms with van der Waals surface area (Å²) in [5.41, 5.74) is 7.74. The SMILES string of the molecule is N[C@H]1c2ccccc2OC[C@@H]1N1CCC2(CCCO2)C1. The van der Waals surface area contributed by atoms with Gasteiger partial charge in [0.1, 0.15) is 12.4 Å². The number of hydrogen-bond donors (Lipinski definition) is 1. The Morgan fingerprint density at radius 3 is 3.00 bits per heavy atom. The molecule has 0 amide bonds. The van der Waals surface area contributed by atoms with Crippen LogP contribution >= 0.6 is 0 Å². The van der Waals surface area contributed by atoms with Gasteiger partial charge in [-0.15, -0.1) is 0 Å². The third-order valence-corrected chi connectivity index (χ3v) is 5.10. The second kappa shape index (κ2) is 4.72. The molecule has 1 aromatic rings. The van der Waals surface area contributed by atoms with Crippen molar-refractivity contribution in [1.82, 2.24) is 4.90 Å². The van der Waals surface area contributed by atoms with Crippen molar-refractivity contribution in [3.05, 3.63) is 29.8 Å². The molecule has 3 heterocycles. The third kappa shape index (κ3) is 1.94. The van der Waals surface area contributed by atoms with Crippen molar-refractivity contribution in [2.24, 2.45) is 5.73 Å². The second-order valence-electron chi connectivity index (χ2n) is 6.30. The Hall–Kier alpha value is -1.10. The zero-order chi connectivity index (χ0) is 13.6. The molecule has 0 aliphatic carbocycles. The molecule has 3 atom stereocenters. The summed E-state index contributed by atoms with van der Waals surface area (Å²) in [6, 6.07) is 8.45. The Labute approximate surface area is 119 Å². The quantitative estimate of drug-likeness (QED) is 0.847. The monoisotopic (exact) mass is 274 g/mol. The van der Waals surface area contributed by atoms with Crippen molar-refractivity contribution in [3.63, 3.8) is 0 Å². The molecule has 0 saturated carbocycles. The van der Waals surface area contributed by atoms with E-state index < -0.39 is 0 Å². The summed E-state index contributed by atoms with van der Waals surface area (Å²) in [5, 5.41) is 0. The Kier molecular flexibility index (Phi) is 2.98. The first-order chi connectivity index (χ1) is 9.77. The fourth-order valence-electron chi connectivity index (χ4n) is 3.94. The van der Waals surface area contributed by atoms with E-state index in [0.717, 1.165) is 37.4 Å². The lowest BCUT2D eigenvalue weighted by atomic mass is 9.95. The van der Waals surface area contributed by atoms with Crippen LogP contribution in [-0.2, 0) is 4.74 Å². The molecule has 4 nitrogen and oxygen atoms in total. The summed E-state index contributed by atoms with van der Waals surface area (Å²) in [7, 11) is 0. The van der Waals surface area contributed by atoms with Crippen LogP contribution in [0.1, 0.15) is 30.9 Å². The number of benzene rings is 1. The zero-order valence-corrected chi connectivity index (χ0v) is 11.8. The molecule has 2 N–H and O–H groups in total. The van der Waals surface area contributed by atoms with Crippen molar-refractivity contribution < 1.29 is 9.47 Å². The lowest BCUT2D eigenvalue weighted by Crippen LogP contribution is -2.49. The molecule has 0 bridgehead atoms. The van der Waals surface area contributed by atoms with Crippen LogP contribution in [0.25, 0.3) is 0 Å². The molecule has 3 aliphatic heterocycles. The van der Waals surface area contributed by atoms with Crippen molar-refractivity contribution in [2.75, 3.05) is 26.3 Å². The fourth-order valence-corrected chi connectivity index (χ4v) is 3.94. The van der Waals surface area contributed by atoms with Gasteiger partial charge in [0.25, 0.3) is 0 Å². The average molecular weight is 274 g/mol. The number of fused-ring (bicyclic) bond motifs is 1. The Balaban J connectivity index is 1.53. The maximum absolute atomic E-state index is 6.50. The van der Waals surface area contributed by atoms with Gasteiger partial charge >= 0.3 is 0 Å². The fraction of sp³-hybridized carbons (Fsp3) is 0.625. The molecule has 4 rings (SSSR count). The Bertz CT molecular complexity index is 499. The number of hydrogen-bond acceptors (Lipinski definition) is 4. The number of nitrogens with two attached hydrogens (primary N) is 1. The first-order valence-corrected chi connectivity index (χ1v) is 7.63. The van der Waals surface area contributed by atoms with Gasteiger partial charge in [-0.3, -0.25) is 4.90 Å². The van der Waals surface area contributed by atoms with Crippen LogP contribution in [0.3, 0.4) is 0 Å². The first-order valence-electron chi connectivity index (χ1n) is 7.63. The van der Waals surface area contributed by atoms with Gasteiger partial charge in [-0.2, -0.15) is 0 Å². The maximum atomic E-state index is 6.50. The Morgan fingerprint density at radius 2 is 2.15 bits per heavy atom. The predicted octanol–water partition coefficient (Wildman–Crippen LogP) is 1.70. The summed E-state index contributed by atoms with van der Waals surface area (Å²) in [4.78, 5) is 2.48. The Morgan fingerprint density at radius 1 is 1.25 bits per heavy atom. The molecule has 0 aromatic heterocycles. The largest absolute Gasteiger partial charge is 0.492 e. The van der Waals surface area contributed by atoms with Crippen LogP contribution < -0.4 is 10.5 Å². The highest BCUT2D eigenvalue weighted by atomic mass is 16.5. The molecule has 1 aromatic carbocycles. The predicted molar refractivity (Wildman–Crippen MR) is 76.8 cm³/mol. The van der Waals surface area contributed by atoms with Gasteiger partial charge in [0.15, 0.2) is 0 Å². The summed E-state index contributed by atoms with van der Waals surface area (Å²) in [6.07, 6.45) is 3.53. The van der Waals surface area contributed by atoms with Gasteiger partial charge in [0.05, 0.1) is 17.7 Å². The topological polar surface area (TPSA) is 47.7 Å². The van der Waals surface area contributed by atoms with E-state index in [2.05, 4.69) is 11.0 Å². The van der Waals surface area contributed by atoms with Crippen LogP contribution in [0, 0.1) is 0 Å². The highest BCUT2D eigenvalue weighted by Crippen LogP contribution is 2.39. The number of nitrogens with zero attached hydrogens (tertiary/aromatic N) is 1. The standard InChI is InChI=1S/C16H22N2O2/c17-15-12-4-1-2-5-14(12)19-10-13(15)18-8-7-16(11-18)6-3-9-20-16/h1-2,4-5,13,15H,3,6-11,17H2/t13-,15-,16?/m0/s1. The van der Waals surface area contributed by atoms with E-state index in [9.17, 15) is 0 Å². The second-order valence-corrected chi connectivity index (χ2v) is 6.30. The van der Waals surface area contributed by atoms with Crippen LogP contribution in [0.4, 0.5) is 0 Å². The van der Waals surface area contributed by atoms with Crippen LogP contribution in [0.2, 0.25) is 0 Å². The lowest BCUT2D eigenvalue weighted by Gasteiger charge is -2.37. The average Bonchev–Trinajstić information content (AvgIpc) is 3.11. The molecular weight excluding hydrogens is 252 g/mol. The van der Waals surface area contributed by atoms with Crippen LogP contribution in [0.5, 0.6) is 5.75 Å². The number of rotatable bonds is 1. The number of ether oxygens (including phenoxy) is 2. The molecule has 20 heavy (non-hydrogen) atoms. The molecule has 1 unspecified atom stereocenters. The summed E-state index contributed by atoms with van der Waals surface area (Å²) < 4.78 is 11.9. The normalized spacial score (nSPS) is 37.0. The van der Waals surface area contributed by atoms with Crippen molar-refractivity contribution in [3.8, 4) is 5.75 Å². The van der Waals surface area contributed by atoms with Gasteiger partial charge in [-0.1, -0.05) is 18.2 Å². The van der Waals surface area contributed by atoms with E-state index in [0.29, 0.717) is 6.61 Å². The van der Waals surface area contributed by atoms with E-state index in [1.807, 2.05) is 18.2 Å². The summed E-state index contributed by atoms with van der Waals surface area (Å²) >= 11 is 0. The van der Waals surface area contributed by atoms with E-state index >= 15 is 0 Å². The van der Waals surface area contributed by atoms with Gasteiger partial charge in [-0.25, -0.2) is 0 Å². The number of para-hydroxylation sites is 1. The molecular formula is C16H22N2O2. The van der Waals surface area contributed by atoms with Crippen LogP contribution in [-0.4, -0.2) is 42.8 Å². The van der Waals surface area contributed by atoms with E-state index in [1.54, 1.807) is 0 Å². The molecule has 0 radical (unpaired) electrons.